The Morgan fingerprint density at radius 2 is 1.89 bits per heavy atom. The predicted molar refractivity (Wildman–Crippen MR) is 77.5 cm³/mol. The number of halogens is 1. The van der Waals surface area contributed by atoms with Crippen LogP contribution in [0.25, 0.3) is 0 Å². The Hall–Kier alpha value is -1.82. The lowest BCUT2D eigenvalue weighted by atomic mass is 10.1. The highest BCUT2D eigenvalue weighted by Gasteiger charge is 2.02. The predicted octanol–water partition coefficient (Wildman–Crippen LogP) is 2.73. The van der Waals surface area contributed by atoms with Crippen LogP contribution in [-0.4, -0.2) is 23.7 Å². The minimum atomic E-state index is -0.823. The molecule has 0 bridgehead atoms. The van der Waals surface area contributed by atoms with Crippen molar-refractivity contribution in [3.05, 3.63) is 40.9 Å². The molecule has 0 aromatic heterocycles. The molecule has 0 heterocycles. The van der Waals surface area contributed by atoms with Gasteiger partial charge in [0.1, 0.15) is 0 Å². The lowest BCUT2D eigenvalue weighted by molar-refractivity contribution is -0.136. The average Bonchev–Trinajstić information content (AvgIpc) is 2.35. The number of carboxylic acids is 1. The van der Waals surface area contributed by atoms with Crippen LogP contribution >= 0.6 is 15.9 Å². The van der Waals surface area contributed by atoms with Gasteiger partial charge in [0.15, 0.2) is 0 Å². The zero-order chi connectivity index (χ0) is 14.3. The molecule has 0 spiro atoms. The van der Waals surface area contributed by atoms with E-state index in [9.17, 15) is 9.59 Å². The molecule has 0 aliphatic heterocycles. The number of hydrogen-bond donors (Lipinski definition) is 3. The van der Waals surface area contributed by atoms with Crippen LogP contribution in [0.15, 0.2) is 35.3 Å². The van der Waals surface area contributed by atoms with E-state index in [-0.39, 0.29) is 12.5 Å². The molecule has 0 saturated heterocycles. The van der Waals surface area contributed by atoms with Crippen molar-refractivity contribution in [3.63, 3.8) is 0 Å². The Morgan fingerprint density at radius 3 is 2.42 bits per heavy atom. The van der Waals surface area contributed by atoms with Gasteiger partial charge in [-0.05, 0) is 24.1 Å². The quantitative estimate of drug-likeness (QED) is 0.752. The van der Waals surface area contributed by atoms with E-state index in [0.29, 0.717) is 23.1 Å². The summed E-state index contributed by atoms with van der Waals surface area (Å²) in [4.78, 5) is 21.9. The fourth-order valence-corrected chi connectivity index (χ4v) is 1.50. The molecule has 102 valence electrons. The van der Waals surface area contributed by atoms with Crippen molar-refractivity contribution >= 4 is 33.6 Å². The summed E-state index contributed by atoms with van der Waals surface area (Å²) in [6.45, 7) is 3.96. The number of aryl methyl sites for hydroxylation is 1. The van der Waals surface area contributed by atoms with Gasteiger partial charge in [-0.15, -0.1) is 0 Å². The van der Waals surface area contributed by atoms with Crippen molar-refractivity contribution in [2.24, 2.45) is 0 Å². The highest BCUT2D eigenvalue weighted by Crippen LogP contribution is 2.11. The smallest absolute Gasteiger partial charge is 0.319 e. The summed E-state index contributed by atoms with van der Waals surface area (Å²) in [5, 5.41) is 13.8. The summed E-state index contributed by atoms with van der Waals surface area (Å²) in [6, 6.07) is 6.74. The van der Waals surface area contributed by atoms with Crippen molar-refractivity contribution < 1.29 is 14.7 Å². The SMILES string of the molecule is C=C(Br)CNC(=O)Nc1ccc(CCC(=O)O)cc1. The molecule has 0 radical (unpaired) electrons. The van der Waals surface area contributed by atoms with Crippen LogP contribution in [0, 0.1) is 0 Å². The van der Waals surface area contributed by atoms with Gasteiger partial charge in [-0.2, -0.15) is 0 Å². The maximum atomic E-state index is 11.5. The van der Waals surface area contributed by atoms with Gasteiger partial charge in [-0.1, -0.05) is 34.6 Å². The second-order valence-electron chi connectivity index (χ2n) is 3.92. The number of carboxylic acid groups (broad SMARTS) is 1. The normalized spacial score (nSPS) is 9.74. The lowest BCUT2D eigenvalue weighted by Crippen LogP contribution is -2.29. The Balaban J connectivity index is 2.45. The zero-order valence-corrected chi connectivity index (χ0v) is 11.9. The molecule has 5 nitrogen and oxygen atoms in total. The number of amides is 2. The summed E-state index contributed by atoms with van der Waals surface area (Å²) >= 11 is 3.14. The number of aliphatic carboxylic acids is 1. The van der Waals surface area contributed by atoms with Gasteiger partial charge in [0.25, 0.3) is 0 Å². The fraction of sp³-hybridized carbons (Fsp3) is 0.231. The summed E-state index contributed by atoms with van der Waals surface area (Å²) in [7, 11) is 0. The summed E-state index contributed by atoms with van der Waals surface area (Å²) < 4.78 is 0.687. The Labute approximate surface area is 119 Å². The van der Waals surface area contributed by atoms with Crippen LogP contribution in [-0.2, 0) is 11.2 Å². The van der Waals surface area contributed by atoms with Gasteiger partial charge in [0.05, 0.1) is 6.54 Å². The third kappa shape index (κ3) is 6.61. The topological polar surface area (TPSA) is 78.4 Å². The molecule has 1 rings (SSSR count). The van der Waals surface area contributed by atoms with Crippen LogP contribution in [0.4, 0.5) is 10.5 Å². The lowest BCUT2D eigenvalue weighted by Gasteiger charge is -2.07. The van der Waals surface area contributed by atoms with Crippen LogP contribution in [0.2, 0.25) is 0 Å². The molecule has 6 heteroatoms. The number of hydrogen-bond acceptors (Lipinski definition) is 2. The van der Waals surface area contributed by atoms with Gasteiger partial charge in [0.2, 0.25) is 0 Å². The Kier molecular flexibility index (Phi) is 6.08. The largest absolute Gasteiger partial charge is 0.481 e. The van der Waals surface area contributed by atoms with E-state index in [2.05, 4.69) is 33.1 Å². The molecule has 0 aliphatic carbocycles. The van der Waals surface area contributed by atoms with E-state index >= 15 is 0 Å². The number of carbonyl (C=O) groups is 2. The van der Waals surface area contributed by atoms with Gasteiger partial charge < -0.3 is 15.7 Å². The first-order chi connectivity index (χ1) is 8.97. The van der Waals surface area contributed by atoms with Crippen LogP contribution in [0.1, 0.15) is 12.0 Å². The molecule has 2 amide bonds. The first kappa shape index (κ1) is 15.2. The van der Waals surface area contributed by atoms with Crippen molar-refractivity contribution in [2.75, 3.05) is 11.9 Å². The first-order valence-electron chi connectivity index (χ1n) is 5.66. The molecule has 0 saturated carbocycles. The van der Waals surface area contributed by atoms with Crippen LogP contribution in [0.5, 0.6) is 0 Å². The van der Waals surface area contributed by atoms with E-state index < -0.39 is 5.97 Å². The summed E-state index contributed by atoms with van der Waals surface area (Å²) in [6.07, 6.45) is 0.575. The number of anilines is 1. The standard InChI is InChI=1S/C13H15BrN2O3/c1-9(14)8-15-13(19)16-11-5-2-10(3-6-11)4-7-12(17)18/h2-3,5-6H,1,4,7-8H2,(H,17,18)(H2,15,16,19). The van der Waals surface area contributed by atoms with E-state index in [0.717, 1.165) is 5.56 Å². The minimum absolute atomic E-state index is 0.0978. The number of carbonyl (C=O) groups excluding carboxylic acids is 1. The van der Waals surface area contributed by atoms with Gasteiger partial charge in [-0.3, -0.25) is 4.79 Å². The molecule has 19 heavy (non-hydrogen) atoms. The molecular formula is C13H15BrN2O3. The highest BCUT2D eigenvalue weighted by molar-refractivity contribution is 9.11. The van der Waals surface area contributed by atoms with Crippen LogP contribution < -0.4 is 10.6 Å². The summed E-state index contributed by atoms with van der Waals surface area (Å²) in [5.74, 6) is -0.823. The van der Waals surface area contributed by atoms with E-state index in [1.807, 2.05) is 0 Å². The Morgan fingerprint density at radius 1 is 1.26 bits per heavy atom. The second-order valence-corrected chi connectivity index (χ2v) is 5.04. The number of benzene rings is 1. The highest BCUT2D eigenvalue weighted by atomic mass is 79.9. The maximum Gasteiger partial charge on any atom is 0.319 e. The molecule has 1 aromatic carbocycles. The van der Waals surface area contributed by atoms with Crippen molar-refractivity contribution in [1.29, 1.82) is 0 Å². The third-order valence-electron chi connectivity index (χ3n) is 2.28. The molecule has 1 aromatic rings. The fourth-order valence-electron chi connectivity index (χ4n) is 1.36. The number of nitrogens with one attached hydrogen (secondary N) is 2. The van der Waals surface area contributed by atoms with E-state index in [1.165, 1.54) is 0 Å². The van der Waals surface area contributed by atoms with E-state index in [4.69, 9.17) is 5.11 Å². The first-order valence-corrected chi connectivity index (χ1v) is 6.45. The van der Waals surface area contributed by atoms with Crippen molar-refractivity contribution in [3.8, 4) is 0 Å². The summed E-state index contributed by atoms with van der Waals surface area (Å²) in [5.41, 5.74) is 1.57. The number of rotatable bonds is 6. The average molecular weight is 327 g/mol. The molecule has 0 atom stereocenters. The molecule has 0 aliphatic rings. The monoisotopic (exact) mass is 326 g/mol. The van der Waals surface area contributed by atoms with Gasteiger partial charge >= 0.3 is 12.0 Å². The number of urea groups is 1. The van der Waals surface area contributed by atoms with Crippen LogP contribution in [0.3, 0.4) is 0 Å². The second kappa shape index (κ2) is 7.58. The van der Waals surface area contributed by atoms with Gasteiger partial charge in [-0.25, -0.2) is 4.79 Å². The minimum Gasteiger partial charge on any atom is -0.481 e. The Bertz CT molecular complexity index is 471. The van der Waals surface area contributed by atoms with Crippen molar-refractivity contribution in [2.45, 2.75) is 12.8 Å². The molecule has 3 N–H and O–H groups in total. The van der Waals surface area contributed by atoms with Gasteiger partial charge in [0, 0.05) is 16.6 Å². The molecule has 0 unspecified atom stereocenters. The third-order valence-corrected chi connectivity index (χ3v) is 2.56. The maximum absolute atomic E-state index is 11.5. The van der Waals surface area contributed by atoms with E-state index in [1.54, 1.807) is 24.3 Å². The molecule has 0 fully saturated rings. The zero-order valence-electron chi connectivity index (χ0n) is 10.3. The molecular weight excluding hydrogens is 312 g/mol. The van der Waals surface area contributed by atoms with Crippen molar-refractivity contribution in [1.82, 2.24) is 5.32 Å².